The molecule has 0 aliphatic heterocycles. The summed E-state index contributed by atoms with van der Waals surface area (Å²) in [5.41, 5.74) is 3.49. The number of aryl methyl sites for hydroxylation is 2. The molecule has 4 aromatic rings. The molecule has 0 unspecified atom stereocenters. The number of anilines is 2. The van der Waals surface area contributed by atoms with Crippen molar-refractivity contribution in [3.05, 3.63) is 57.8 Å². The van der Waals surface area contributed by atoms with E-state index >= 15 is 0 Å². The van der Waals surface area contributed by atoms with Crippen molar-refractivity contribution in [3.63, 3.8) is 0 Å². The van der Waals surface area contributed by atoms with Gasteiger partial charge in [0.15, 0.2) is 21.9 Å². The van der Waals surface area contributed by atoms with Gasteiger partial charge in [-0.05, 0) is 43.2 Å². The molecule has 0 saturated carbocycles. The van der Waals surface area contributed by atoms with E-state index in [2.05, 4.69) is 15.2 Å². The van der Waals surface area contributed by atoms with Gasteiger partial charge in [-0.25, -0.2) is 4.98 Å². The van der Waals surface area contributed by atoms with Crippen LogP contribution in [-0.2, 0) is 17.6 Å². The Bertz CT molecular complexity index is 1210. The second kappa shape index (κ2) is 8.86. The molecular weight excluding hydrogens is 454 g/mol. The molecule has 0 bridgehead atoms. The van der Waals surface area contributed by atoms with Gasteiger partial charge in [-0.2, -0.15) is 0 Å². The smallest absolute Gasteiger partial charge is 0.230 e. The molecule has 0 aliphatic rings. The number of thioether (sulfide) groups is 1. The first-order valence-electron chi connectivity index (χ1n) is 9.43. The van der Waals surface area contributed by atoms with E-state index in [4.69, 9.17) is 16.0 Å². The number of carbonyl (C=O) groups excluding carboxylic acids is 1. The van der Waals surface area contributed by atoms with Crippen LogP contribution >= 0.6 is 34.7 Å². The number of halogens is 1. The normalized spacial score (nSPS) is 11.1. The first-order chi connectivity index (χ1) is 14.8. The summed E-state index contributed by atoms with van der Waals surface area (Å²) in [5.74, 6) is 1.78. The van der Waals surface area contributed by atoms with Crippen molar-refractivity contribution in [2.45, 2.75) is 31.7 Å². The summed E-state index contributed by atoms with van der Waals surface area (Å²) in [5, 5.41) is 12.3. The molecule has 0 spiro atoms. The highest BCUT2D eigenvalue weighted by molar-refractivity contribution is 7.98. The monoisotopic (exact) mass is 473 g/mol. The average Bonchev–Trinajstić information content (AvgIpc) is 3.44. The van der Waals surface area contributed by atoms with E-state index in [1.807, 2.05) is 55.1 Å². The van der Waals surface area contributed by atoms with E-state index in [-0.39, 0.29) is 5.91 Å². The SMILES string of the molecule is CC(=O)N(c1nc(CSc2nnc(-c3ccco3)n2C)cs1)c1c(C)cc(C)cc1Cl. The van der Waals surface area contributed by atoms with Crippen LogP contribution in [-0.4, -0.2) is 25.7 Å². The van der Waals surface area contributed by atoms with Crippen molar-refractivity contribution in [2.75, 3.05) is 4.90 Å². The second-order valence-corrected chi connectivity index (χ2v) is 9.21. The molecule has 7 nitrogen and oxygen atoms in total. The Kier molecular flexibility index (Phi) is 6.17. The third-order valence-corrected chi connectivity index (χ3v) is 6.81. The summed E-state index contributed by atoms with van der Waals surface area (Å²) in [7, 11) is 1.90. The van der Waals surface area contributed by atoms with Crippen molar-refractivity contribution in [1.29, 1.82) is 0 Å². The van der Waals surface area contributed by atoms with Crippen LogP contribution in [0.25, 0.3) is 11.6 Å². The molecule has 31 heavy (non-hydrogen) atoms. The maximum absolute atomic E-state index is 12.5. The lowest BCUT2D eigenvalue weighted by molar-refractivity contribution is -0.115. The number of thiazole rings is 1. The largest absolute Gasteiger partial charge is 0.461 e. The average molecular weight is 474 g/mol. The molecule has 0 fully saturated rings. The molecule has 0 N–H and O–H groups in total. The summed E-state index contributed by atoms with van der Waals surface area (Å²) in [6, 6.07) is 7.53. The number of rotatable bonds is 6. The Morgan fingerprint density at radius 1 is 1.32 bits per heavy atom. The molecule has 0 radical (unpaired) electrons. The van der Waals surface area contributed by atoms with Crippen molar-refractivity contribution < 1.29 is 9.21 Å². The van der Waals surface area contributed by atoms with Gasteiger partial charge in [-0.3, -0.25) is 9.69 Å². The molecule has 4 rings (SSSR count). The molecular formula is C21H20ClN5O2S2. The van der Waals surface area contributed by atoms with E-state index in [0.29, 0.717) is 33.2 Å². The lowest BCUT2D eigenvalue weighted by Gasteiger charge is -2.22. The highest BCUT2D eigenvalue weighted by Gasteiger charge is 2.23. The molecule has 3 aromatic heterocycles. The molecule has 0 atom stereocenters. The third-order valence-electron chi connectivity index (χ3n) is 4.59. The molecule has 160 valence electrons. The molecule has 3 heterocycles. The number of benzene rings is 1. The van der Waals surface area contributed by atoms with Crippen LogP contribution in [0.5, 0.6) is 0 Å². The lowest BCUT2D eigenvalue weighted by Crippen LogP contribution is -2.24. The standard InChI is InChI=1S/C21H20ClN5O2S2/c1-12-8-13(2)18(16(22)9-12)27(14(3)28)20-23-15(10-30-20)11-31-21-25-24-19(26(21)4)17-6-5-7-29-17/h5-10H,11H2,1-4H3. The van der Waals surface area contributed by atoms with Gasteiger partial charge in [0, 0.05) is 25.1 Å². The van der Waals surface area contributed by atoms with Crippen LogP contribution in [0.15, 0.2) is 45.5 Å². The van der Waals surface area contributed by atoms with Crippen LogP contribution in [0.3, 0.4) is 0 Å². The molecule has 1 aromatic carbocycles. The van der Waals surface area contributed by atoms with Gasteiger partial charge in [0.1, 0.15) is 0 Å². The number of hydrogen-bond acceptors (Lipinski definition) is 7. The highest BCUT2D eigenvalue weighted by Crippen LogP contribution is 2.38. The Morgan fingerprint density at radius 3 is 2.81 bits per heavy atom. The first kappa shape index (κ1) is 21.6. The van der Waals surface area contributed by atoms with E-state index in [0.717, 1.165) is 22.0 Å². The number of amides is 1. The first-order valence-corrected chi connectivity index (χ1v) is 11.7. The molecule has 1 amide bonds. The quantitative estimate of drug-likeness (QED) is 0.330. The predicted molar refractivity (Wildman–Crippen MR) is 124 cm³/mol. The lowest BCUT2D eigenvalue weighted by atomic mass is 10.1. The van der Waals surface area contributed by atoms with Crippen LogP contribution < -0.4 is 4.90 Å². The number of carbonyl (C=O) groups is 1. The fourth-order valence-corrected chi connectivity index (χ4v) is 5.43. The van der Waals surface area contributed by atoms with Gasteiger partial charge < -0.3 is 8.98 Å². The zero-order valence-electron chi connectivity index (χ0n) is 17.4. The van der Waals surface area contributed by atoms with Crippen LogP contribution in [0, 0.1) is 13.8 Å². The zero-order chi connectivity index (χ0) is 22.1. The van der Waals surface area contributed by atoms with E-state index in [9.17, 15) is 4.79 Å². The fraction of sp³-hybridized carbons (Fsp3) is 0.238. The number of nitrogens with zero attached hydrogens (tertiary/aromatic N) is 5. The van der Waals surface area contributed by atoms with E-state index in [1.165, 1.54) is 30.0 Å². The summed E-state index contributed by atoms with van der Waals surface area (Å²) in [6.45, 7) is 5.43. The summed E-state index contributed by atoms with van der Waals surface area (Å²) in [6.07, 6.45) is 1.61. The number of aromatic nitrogens is 4. The maximum Gasteiger partial charge on any atom is 0.230 e. The van der Waals surface area contributed by atoms with Gasteiger partial charge in [0.05, 0.1) is 22.7 Å². The highest BCUT2D eigenvalue weighted by atomic mass is 35.5. The van der Waals surface area contributed by atoms with Crippen molar-refractivity contribution in [2.24, 2.45) is 7.05 Å². The van der Waals surface area contributed by atoms with Crippen LogP contribution in [0.1, 0.15) is 23.7 Å². The predicted octanol–water partition coefficient (Wildman–Crippen LogP) is 5.78. The van der Waals surface area contributed by atoms with Gasteiger partial charge in [0.25, 0.3) is 0 Å². The Morgan fingerprint density at radius 2 is 2.13 bits per heavy atom. The minimum Gasteiger partial charge on any atom is -0.461 e. The van der Waals surface area contributed by atoms with Crippen molar-refractivity contribution in [3.8, 4) is 11.6 Å². The Labute approximate surface area is 193 Å². The molecule has 0 aliphatic carbocycles. The topological polar surface area (TPSA) is 77.1 Å². The van der Waals surface area contributed by atoms with E-state index < -0.39 is 0 Å². The van der Waals surface area contributed by atoms with E-state index in [1.54, 1.807) is 11.2 Å². The molecule has 10 heteroatoms. The Hall–Kier alpha value is -2.62. The summed E-state index contributed by atoms with van der Waals surface area (Å²) < 4.78 is 7.29. The van der Waals surface area contributed by atoms with Gasteiger partial charge >= 0.3 is 0 Å². The molecule has 0 saturated heterocycles. The number of furan rings is 1. The minimum absolute atomic E-state index is 0.140. The van der Waals surface area contributed by atoms with Gasteiger partial charge in [-0.1, -0.05) is 29.4 Å². The number of hydrogen-bond donors (Lipinski definition) is 0. The Balaban J connectivity index is 1.55. The zero-order valence-corrected chi connectivity index (χ0v) is 19.8. The summed E-state index contributed by atoms with van der Waals surface area (Å²) in [4.78, 5) is 18.7. The third kappa shape index (κ3) is 4.39. The van der Waals surface area contributed by atoms with Crippen molar-refractivity contribution >= 4 is 51.4 Å². The van der Waals surface area contributed by atoms with Crippen LogP contribution in [0.4, 0.5) is 10.8 Å². The van der Waals surface area contributed by atoms with Crippen LogP contribution in [0.2, 0.25) is 5.02 Å². The van der Waals surface area contributed by atoms with Gasteiger partial charge in [-0.15, -0.1) is 21.5 Å². The minimum atomic E-state index is -0.140. The van der Waals surface area contributed by atoms with Gasteiger partial charge in [0.2, 0.25) is 5.91 Å². The fourth-order valence-electron chi connectivity index (χ4n) is 3.24. The van der Waals surface area contributed by atoms with Crippen molar-refractivity contribution in [1.82, 2.24) is 19.7 Å². The maximum atomic E-state index is 12.5. The second-order valence-electron chi connectivity index (χ2n) is 7.02. The summed E-state index contributed by atoms with van der Waals surface area (Å²) >= 11 is 9.41.